The van der Waals surface area contributed by atoms with Gasteiger partial charge in [0.2, 0.25) is 10.0 Å². The van der Waals surface area contributed by atoms with Gasteiger partial charge < -0.3 is 5.32 Å². The van der Waals surface area contributed by atoms with Crippen molar-refractivity contribution in [3.05, 3.63) is 24.3 Å². The van der Waals surface area contributed by atoms with Gasteiger partial charge in [0, 0.05) is 25.8 Å². The quantitative estimate of drug-likeness (QED) is 0.929. The summed E-state index contributed by atoms with van der Waals surface area (Å²) >= 11 is 0. The fraction of sp³-hybridized carbons (Fsp3) is 0.600. The second kappa shape index (κ2) is 5.37. The Morgan fingerprint density at radius 3 is 2.25 bits per heavy atom. The Labute approximate surface area is 122 Å². The number of rotatable bonds is 4. The van der Waals surface area contributed by atoms with Crippen LogP contribution in [0.1, 0.15) is 33.1 Å². The Balaban J connectivity index is 2.14. The lowest BCUT2D eigenvalue weighted by Crippen LogP contribution is -2.30. The van der Waals surface area contributed by atoms with Crippen LogP contribution in [0.15, 0.2) is 29.2 Å². The first-order valence-electron chi connectivity index (χ1n) is 7.02. The Bertz CT molecular complexity index is 562. The van der Waals surface area contributed by atoms with E-state index in [0.29, 0.717) is 16.4 Å². The highest BCUT2D eigenvalue weighted by atomic mass is 32.2. The lowest BCUT2D eigenvalue weighted by Gasteiger charge is -2.28. The molecule has 112 valence electrons. The Morgan fingerprint density at radius 2 is 1.80 bits per heavy atom. The van der Waals surface area contributed by atoms with Crippen LogP contribution in [0, 0.1) is 5.41 Å². The largest absolute Gasteiger partial charge is 0.382 e. The molecule has 0 saturated heterocycles. The SMILES string of the molecule is CN(C)S(=O)(=O)c1ccc(NC2CCCC2(C)C)cc1. The van der Waals surface area contributed by atoms with Crippen LogP contribution < -0.4 is 5.32 Å². The van der Waals surface area contributed by atoms with Crippen molar-refractivity contribution in [3.8, 4) is 0 Å². The number of sulfonamides is 1. The summed E-state index contributed by atoms with van der Waals surface area (Å²) in [6.45, 7) is 4.56. The topological polar surface area (TPSA) is 49.4 Å². The third kappa shape index (κ3) is 2.99. The van der Waals surface area contributed by atoms with Gasteiger partial charge in [0.1, 0.15) is 0 Å². The molecule has 0 aliphatic heterocycles. The average molecular weight is 296 g/mol. The normalized spacial score (nSPS) is 22.1. The second-order valence-corrected chi connectivity index (χ2v) is 8.54. The molecule has 1 fully saturated rings. The van der Waals surface area contributed by atoms with Gasteiger partial charge >= 0.3 is 0 Å². The van der Waals surface area contributed by atoms with E-state index in [1.807, 2.05) is 12.1 Å². The summed E-state index contributed by atoms with van der Waals surface area (Å²) in [6.07, 6.45) is 3.65. The van der Waals surface area contributed by atoms with E-state index >= 15 is 0 Å². The van der Waals surface area contributed by atoms with E-state index in [0.717, 1.165) is 5.69 Å². The number of nitrogens with one attached hydrogen (secondary N) is 1. The van der Waals surface area contributed by atoms with Gasteiger partial charge in [-0.05, 0) is 42.5 Å². The highest BCUT2D eigenvalue weighted by Gasteiger charge is 2.34. The number of hydrogen-bond donors (Lipinski definition) is 1. The van der Waals surface area contributed by atoms with E-state index in [1.165, 1.54) is 23.6 Å². The average Bonchev–Trinajstić information content (AvgIpc) is 2.69. The summed E-state index contributed by atoms with van der Waals surface area (Å²) in [7, 11) is -0.250. The minimum atomic E-state index is -3.34. The molecule has 0 amide bonds. The van der Waals surface area contributed by atoms with Gasteiger partial charge in [-0.25, -0.2) is 12.7 Å². The van der Waals surface area contributed by atoms with E-state index in [9.17, 15) is 8.42 Å². The first kappa shape index (κ1) is 15.3. The zero-order valence-corrected chi connectivity index (χ0v) is 13.5. The molecule has 0 aromatic heterocycles. The van der Waals surface area contributed by atoms with Crippen LogP contribution in [0.3, 0.4) is 0 Å². The first-order chi connectivity index (χ1) is 9.23. The molecule has 2 rings (SSSR count). The van der Waals surface area contributed by atoms with E-state index in [2.05, 4.69) is 19.2 Å². The molecule has 1 saturated carbocycles. The van der Waals surface area contributed by atoms with Crippen molar-refractivity contribution in [2.75, 3.05) is 19.4 Å². The van der Waals surface area contributed by atoms with E-state index in [4.69, 9.17) is 0 Å². The van der Waals surface area contributed by atoms with Crippen LogP contribution in [0.4, 0.5) is 5.69 Å². The maximum atomic E-state index is 12.0. The standard InChI is InChI=1S/C15H24N2O2S/c1-15(2)11-5-6-14(15)16-12-7-9-13(10-8-12)20(18,19)17(3)4/h7-10,14,16H,5-6,11H2,1-4H3. The Hall–Kier alpha value is -1.07. The van der Waals surface area contributed by atoms with Crippen LogP contribution in [-0.4, -0.2) is 32.9 Å². The fourth-order valence-corrected chi connectivity index (χ4v) is 3.63. The van der Waals surface area contributed by atoms with Crippen molar-refractivity contribution >= 4 is 15.7 Å². The van der Waals surface area contributed by atoms with Gasteiger partial charge in [-0.1, -0.05) is 20.3 Å². The molecule has 0 spiro atoms. The lowest BCUT2D eigenvalue weighted by molar-refractivity contribution is 0.350. The van der Waals surface area contributed by atoms with E-state index < -0.39 is 10.0 Å². The molecule has 0 bridgehead atoms. The number of hydrogen-bond acceptors (Lipinski definition) is 3. The minimum Gasteiger partial charge on any atom is -0.382 e. The molecule has 1 aliphatic carbocycles. The van der Waals surface area contributed by atoms with Gasteiger partial charge in [-0.2, -0.15) is 0 Å². The summed E-state index contributed by atoms with van der Waals surface area (Å²) in [5.74, 6) is 0. The zero-order chi connectivity index (χ0) is 15.0. The second-order valence-electron chi connectivity index (χ2n) is 6.39. The molecule has 1 aliphatic rings. The molecular formula is C15H24N2O2S. The molecular weight excluding hydrogens is 272 g/mol. The summed E-state index contributed by atoms with van der Waals surface area (Å²) in [5.41, 5.74) is 1.29. The predicted octanol–water partition coefficient (Wildman–Crippen LogP) is 2.93. The lowest BCUT2D eigenvalue weighted by atomic mass is 9.87. The molecule has 1 aromatic carbocycles. The molecule has 20 heavy (non-hydrogen) atoms. The minimum absolute atomic E-state index is 0.300. The summed E-state index contributed by atoms with van der Waals surface area (Å²) in [6, 6.07) is 7.49. The Kier molecular flexibility index (Phi) is 4.12. The zero-order valence-electron chi connectivity index (χ0n) is 12.7. The molecule has 1 aromatic rings. The van der Waals surface area contributed by atoms with Crippen molar-refractivity contribution in [1.29, 1.82) is 0 Å². The van der Waals surface area contributed by atoms with Crippen LogP contribution in [0.25, 0.3) is 0 Å². The van der Waals surface area contributed by atoms with Crippen molar-refractivity contribution < 1.29 is 8.42 Å². The van der Waals surface area contributed by atoms with Gasteiger partial charge in [-0.15, -0.1) is 0 Å². The van der Waals surface area contributed by atoms with Gasteiger partial charge in [0.05, 0.1) is 4.90 Å². The highest BCUT2D eigenvalue weighted by molar-refractivity contribution is 7.89. The fourth-order valence-electron chi connectivity index (χ4n) is 2.73. The van der Waals surface area contributed by atoms with E-state index in [1.54, 1.807) is 26.2 Å². The third-order valence-corrected chi connectivity index (χ3v) is 6.06. The summed E-state index contributed by atoms with van der Waals surface area (Å²) in [5, 5.41) is 3.53. The maximum Gasteiger partial charge on any atom is 0.242 e. The number of benzene rings is 1. The van der Waals surface area contributed by atoms with Crippen LogP contribution in [0.2, 0.25) is 0 Å². The molecule has 1 N–H and O–H groups in total. The molecule has 0 heterocycles. The smallest absolute Gasteiger partial charge is 0.242 e. The number of nitrogens with zero attached hydrogens (tertiary/aromatic N) is 1. The first-order valence-corrected chi connectivity index (χ1v) is 8.47. The molecule has 5 heteroatoms. The monoisotopic (exact) mass is 296 g/mol. The number of anilines is 1. The van der Waals surface area contributed by atoms with E-state index in [-0.39, 0.29) is 0 Å². The predicted molar refractivity (Wildman–Crippen MR) is 82.4 cm³/mol. The van der Waals surface area contributed by atoms with Crippen molar-refractivity contribution in [2.24, 2.45) is 5.41 Å². The maximum absolute atomic E-state index is 12.0. The van der Waals surface area contributed by atoms with Crippen molar-refractivity contribution in [1.82, 2.24) is 4.31 Å². The van der Waals surface area contributed by atoms with Gasteiger partial charge in [0.25, 0.3) is 0 Å². The van der Waals surface area contributed by atoms with Crippen LogP contribution >= 0.6 is 0 Å². The van der Waals surface area contributed by atoms with Crippen LogP contribution in [-0.2, 0) is 10.0 Å². The van der Waals surface area contributed by atoms with Crippen molar-refractivity contribution in [3.63, 3.8) is 0 Å². The third-order valence-electron chi connectivity index (χ3n) is 4.23. The molecule has 1 unspecified atom stereocenters. The Morgan fingerprint density at radius 1 is 1.20 bits per heavy atom. The van der Waals surface area contributed by atoms with Crippen LogP contribution in [0.5, 0.6) is 0 Å². The highest BCUT2D eigenvalue weighted by Crippen LogP contribution is 2.39. The van der Waals surface area contributed by atoms with Gasteiger partial charge in [-0.3, -0.25) is 0 Å². The molecule has 1 atom stereocenters. The summed E-state index contributed by atoms with van der Waals surface area (Å²) < 4.78 is 25.2. The van der Waals surface area contributed by atoms with Crippen molar-refractivity contribution in [2.45, 2.75) is 44.0 Å². The molecule has 4 nitrogen and oxygen atoms in total. The summed E-state index contributed by atoms with van der Waals surface area (Å²) in [4.78, 5) is 0.332. The molecule has 0 radical (unpaired) electrons. The van der Waals surface area contributed by atoms with Gasteiger partial charge in [0.15, 0.2) is 0 Å².